The molecule has 0 saturated carbocycles. The van der Waals surface area contributed by atoms with Crippen molar-refractivity contribution in [2.24, 2.45) is 0 Å². The van der Waals surface area contributed by atoms with Gasteiger partial charge in [0.15, 0.2) is 0 Å². The summed E-state index contributed by atoms with van der Waals surface area (Å²) in [6, 6.07) is 0. The third kappa shape index (κ3) is 4.64. The minimum Gasteiger partial charge on any atom is -0.870 e. The molecule has 0 saturated heterocycles. The molecule has 2 aromatic rings. The van der Waals surface area contributed by atoms with Gasteiger partial charge in [0.05, 0.1) is 27.2 Å². The predicted molar refractivity (Wildman–Crippen MR) is 109 cm³/mol. The monoisotopic (exact) mass is 440 g/mol. The van der Waals surface area contributed by atoms with Crippen LogP contribution >= 0.6 is 23.5 Å². The maximum Gasteiger partial charge on any atom is 0.338 e. The van der Waals surface area contributed by atoms with E-state index < -0.39 is 45.1 Å². The van der Waals surface area contributed by atoms with Crippen molar-refractivity contribution in [2.75, 3.05) is 0 Å². The summed E-state index contributed by atoms with van der Waals surface area (Å²) in [5.41, 5.74) is -2.77. The average molecular weight is 441 g/mol. The topological polar surface area (TPSA) is 139 Å². The van der Waals surface area contributed by atoms with Crippen LogP contribution in [0.1, 0.15) is 72.6 Å². The molecule has 0 aromatic carbocycles. The van der Waals surface area contributed by atoms with Gasteiger partial charge in [-0.2, -0.15) is 0 Å². The number of fused-ring (bicyclic) bond motifs is 1. The number of carbonyl (C=O) groups is 3. The van der Waals surface area contributed by atoms with E-state index in [2.05, 4.69) is 0 Å². The van der Waals surface area contributed by atoms with Gasteiger partial charge in [-0.05, 0) is 0 Å². The van der Waals surface area contributed by atoms with Crippen molar-refractivity contribution in [3.63, 3.8) is 0 Å². The summed E-state index contributed by atoms with van der Waals surface area (Å²) in [6.07, 6.45) is 1.02. The van der Waals surface area contributed by atoms with Crippen molar-refractivity contribution in [1.82, 2.24) is 4.40 Å². The summed E-state index contributed by atoms with van der Waals surface area (Å²) in [5, 5.41) is 42.3. The molecule has 0 bridgehead atoms. The van der Waals surface area contributed by atoms with Crippen molar-refractivity contribution in [1.29, 1.82) is 0 Å². The van der Waals surface area contributed by atoms with Crippen molar-refractivity contribution < 1.29 is 34.8 Å². The summed E-state index contributed by atoms with van der Waals surface area (Å²) in [7, 11) is 0. The van der Waals surface area contributed by atoms with Gasteiger partial charge in [0, 0.05) is 20.6 Å². The molecule has 2 heterocycles. The van der Waals surface area contributed by atoms with E-state index in [1.165, 1.54) is 27.9 Å². The van der Waals surface area contributed by atoms with Crippen LogP contribution in [0.2, 0.25) is 0 Å². The van der Waals surface area contributed by atoms with E-state index in [1.807, 2.05) is 41.5 Å². The molecule has 8 nitrogen and oxygen atoms in total. The molecule has 3 N–H and O–H groups in total. The molecule has 0 fully saturated rings. The molecule has 0 unspecified atom stereocenters. The van der Waals surface area contributed by atoms with E-state index in [0.29, 0.717) is 5.03 Å². The first-order chi connectivity index (χ1) is 13.0. The molecule has 0 aliphatic rings. The zero-order valence-corrected chi connectivity index (χ0v) is 18.4. The van der Waals surface area contributed by atoms with Crippen LogP contribution in [0.25, 0.3) is 5.52 Å². The number of hydrogen-bond acceptors (Lipinski definition) is 6. The first-order valence-electron chi connectivity index (χ1n) is 8.55. The molecular formula is C19H22NO7S2-. The van der Waals surface area contributed by atoms with Gasteiger partial charge in [-0.25, -0.2) is 14.4 Å². The molecule has 0 atom stereocenters. The van der Waals surface area contributed by atoms with Crippen LogP contribution in [0.15, 0.2) is 16.1 Å². The van der Waals surface area contributed by atoms with E-state index in [1.54, 1.807) is 0 Å². The van der Waals surface area contributed by atoms with Crippen LogP contribution in [-0.2, 0) is 0 Å². The second-order valence-corrected chi connectivity index (χ2v) is 12.0. The van der Waals surface area contributed by atoms with Gasteiger partial charge in [-0.1, -0.05) is 47.3 Å². The van der Waals surface area contributed by atoms with Crippen molar-refractivity contribution in [3.8, 4) is 5.75 Å². The molecular weight excluding hydrogens is 418 g/mol. The summed E-state index contributed by atoms with van der Waals surface area (Å²) in [5.74, 6) is -5.62. The fourth-order valence-corrected chi connectivity index (χ4v) is 4.95. The predicted octanol–water partition coefficient (Wildman–Crippen LogP) is 3.89. The Kier molecular flexibility index (Phi) is 5.93. The molecule has 0 amide bonds. The Morgan fingerprint density at radius 3 is 1.72 bits per heavy atom. The Hall–Kier alpha value is -2.33. The zero-order chi connectivity index (χ0) is 22.5. The maximum atomic E-state index is 13.2. The Bertz CT molecular complexity index is 1030. The second kappa shape index (κ2) is 7.49. The SMILES string of the molecule is CC(C)(C)Sc1c([O-])c2c(C(=O)O)c(C(=O)O)c(C(=O)O)cn2c1SC(C)(C)C. The lowest BCUT2D eigenvalue weighted by atomic mass is 10.0. The molecule has 29 heavy (non-hydrogen) atoms. The first-order valence-corrected chi connectivity index (χ1v) is 10.2. The smallest absolute Gasteiger partial charge is 0.338 e. The normalized spacial score (nSPS) is 12.3. The Morgan fingerprint density at radius 1 is 0.862 bits per heavy atom. The lowest BCUT2D eigenvalue weighted by molar-refractivity contribution is -0.269. The number of aromatic nitrogens is 1. The van der Waals surface area contributed by atoms with E-state index in [-0.39, 0.29) is 15.2 Å². The lowest BCUT2D eigenvalue weighted by Gasteiger charge is -2.23. The summed E-state index contributed by atoms with van der Waals surface area (Å²) in [6.45, 7) is 11.3. The van der Waals surface area contributed by atoms with Gasteiger partial charge in [-0.15, -0.1) is 23.5 Å². The van der Waals surface area contributed by atoms with Crippen LogP contribution in [0.4, 0.5) is 0 Å². The van der Waals surface area contributed by atoms with E-state index in [9.17, 15) is 34.8 Å². The minimum absolute atomic E-state index is 0.263. The maximum absolute atomic E-state index is 13.2. The van der Waals surface area contributed by atoms with Gasteiger partial charge < -0.3 is 24.8 Å². The van der Waals surface area contributed by atoms with Crippen LogP contribution in [0.3, 0.4) is 0 Å². The highest BCUT2D eigenvalue weighted by Gasteiger charge is 2.32. The van der Waals surface area contributed by atoms with Crippen LogP contribution < -0.4 is 5.11 Å². The number of hydrogen-bond donors (Lipinski definition) is 3. The number of aromatic carboxylic acids is 3. The van der Waals surface area contributed by atoms with Crippen molar-refractivity contribution in [3.05, 3.63) is 22.9 Å². The van der Waals surface area contributed by atoms with Crippen molar-refractivity contribution >= 4 is 46.9 Å². The molecule has 2 aromatic heterocycles. The van der Waals surface area contributed by atoms with Crippen LogP contribution in [0, 0.1) is 0 Å². The average Bonchev–Trinajstić information content (AvgIpc) is 2.75. The quantitative estimate of drug-likeness (QED) is 0.591. The Labute approximate surface area is 175 Å². The van der Waals surface area contributed by atoms with Gasteiger partial charge in [-0.3, -0.25) is 0 Å². The molecule has 0 radical (unpaired) electrons. The summed E-state index contributed by atoms with van der Waals surface area (Å²) in [4.78, 5) is 35.6. The largest absolute Gasteiger partial charge is 0.870 e. The number of pyridine rings is 1. The lowest BCUT2D eigenvalue weighted by Crippen LogP contribution is -2.18. The molecule has 0 aliphatic carbocycles. The fourth-order valence-electron chi connectivity index (χ4n) is 2.70. The summed E-state index contributed by atoms with van der Waals surface area (Å²) >= 11 is 2.51. The molecule has 0 aliphatic heterocycles. The number of thioether (sulfide) groups is 2. The molecule has 10 heteroatoms. The highest BCUT2D eigenvalue weighted by molar-refractivity contribution is 8.03. The van der Waals surface area contributed by atoms with E-state index in [0.717, 1.165) is 6.20 Å². The van der Waals surface area contributed by atoms with Gasteiger partial charge in [0.25, 0.3) is 0 Å². The first kappa shape index (κ1) is 23.0. The molecule has 0 spiro atoms. The number of nitrogens with zero attached hydrogens (tertiary/aromatic N) is 1. The Morgan fingerprint density at radius 2 is 1.34 bits per heavy atom. The van der Waals surface area contributed by atoms with E-state index in [4.69, 9.17) is 0 Å². The molecule has 2 rings (SSSR count). The number of rotatable bonds is 5. The second-order valence-electron chi connectivity index (χ2n) is 8.32. The third-order valence-electron chi connectivity index (χ3n) is 3.56. The van der Waals surface area contributed by atoms with Crippen molar-refractivity contribution in [2.45, 2.75) is 61.0 Å². The third-order valence-corrected chi connectivity index (χ3v) is 6.09. The van der Waals surface area contributed by atoms with Crippen LogP contribution in [-0.4, -0.2) is 47.1 Å². The number of carboxylic acid groups (broad SMARTS) is 3. The fraction of sp³-hybridized carbons (Fsp3) is 0.421. The highest BCUT2D eigenvalue weighted by Crippen LogP contribution is 2.49. The van der Waals surface area contributed by atoms with Gasteiger partial charge >= 0.3 is 17.9 Å². The standard InChI is InChI=1S/C19H23NO7S2/c1-18(2,3)28-13-12(21)11-10(17(26)27)9(16(24)25)8(15(22)23)7-20(11)14(13)29-19(4,5)6/h7,21H,1-6H3,(H,22,23)(H,24,25)(H,26,27)/p-1. The molecule has 158 valence electrons. The highest BCUT2D eigenvalue weighted by atomic mass is 32.2. The van der Waals surface area contributed by atoms with Crippen LogP contribution in [0.5, 0.6) is 5.75 Å². The zero-order valence-electron chi connectivity index (χ0n) is 16.8. The summed E-state index contributed by atoms with van der Waals surface area (Å²) < 4.78 is 0.434. The van der Waals surface area contributed by atoms with Gasteiger partial charge in [0.2, 0.25) is 0 Å². The van der Waals surface area contributed by atoms with E-state index >= 15 is 0 Å². The number of carboxylic acids is 3. The van der Waals surface area contributed by atoms with Gasteiger partial charge in [0.1, 0.15) is 0 Å². The Balaban J connectivity index is 3.14. The minimum atomic E-state index is -1.72.